The summed E-state index contributed by atoms with van der Waals surface area (Å²) in [5.74, 6) is 0.418. The highest BCUT2D eigenvalue weighted by molar-refractivity contribution is 5.97. The molecule has 7 heteroatoms. The molecule has 25 heavy (non-hydrogen) atoms. The second kappa shape index (κ2) is 5.47. The number of aryl methyl sites for hydroxylation is 3. The third-order valence-electron chi connectivity index (χ3n) is 4.52. The maximum atomic E-state index is 12.8. The van der Waals surface area contributed by atoms with Crippen LogP contribution in [0, 0.1) is 20.8 Å². The molecule has 0 unspecified atom stereocenters. The Bertz CT molecular complexity index is 1090. The van der Waals surface area contributed by atoms with Crippen LogP contribution in [0.1, 0.15) is 38.8 Å². The van der Waals surface area contributed by atoms with Crippen LogP contribution in [0.25, 0.3) is 11.0 Å². The molecule has 1 aromatic carbocycles. The van der Waals surface area contributed by atoms with E-state index in [0.29, 0.717) is 34.7 Å². The maximum Gasteiger partial charge on any atom is 0.256 e. The third-order valence-corrected chi connectivity index (χ3v) is 4.52. The summed E-state index contributed by atoms with van der Waals surface area (Å²) >= 11 is 0. The van der Waals surface area contributed by atoms with Crippen LogP contribution < -0.4 is 5.56 Å². The Kier molecular flexibility index (Phi) is 3.38. The number of benzene rings is 1. The zero-order valence-electron chi connectivity index (χ0n) is 14.3. The van der Waals surface area contributed by atoms with E-state index in [0.717, 1.165) is 16.9 Å². The molecule has 0 radical (unpaired) electrons. The van der Waals surface area contributed by atoms with E-state index >= 15 is 0 Å². The summed E-state index contributed by atoms with van der Waals surface area (Å²) in [6, 6.07) is 5.31. The first-order valence-corrected chi connectivity index (χ1v) is 8.05. The van der Waals surface area contributed by atoms with Gasteiger partial charge >= 0.3 is 0 Å². The quantitative estimate of drug-likeness (QED) is 0.732. The smallest absolute Gasteiger partial charge is 0.256 e. The first-order chi connectivity index (χ1) is 11.9. The van der Waals surface area contributed by atoms with Gasteiger partial charge in [-0.15, -0.1) is 0 Å². The Morgan fingerprint density at radius 3 is 2.52 bits per heavy atom. The molecule has 0 saturated carbocycles. The van der Waals surface area contributed by atoms with Crippen molar-refractivity contribution in [3.05, 3.63) is 62.6 Å². The number of H-pyrrole nitrogens is 1. The van der Waals surface area contributed by atoms with E-state index < -0.39 is 0 Å². The van der Waals surface area contributed by atoms with E-state index in [1.807, 2.05) is 13.8 Å². The van der Waals surface area contributed by atoms with Gasteiger partial charge < -0.3 is 9.88 Å². The number of nitrogens with zero attached hydrogens (tertiary/aromatic N) is 4. The fraction of sp³-hybridized carbons (Fsp3) is 0.278. The lowest BCUT2D eigenvalue weighted by molar-refractivity contribution is 0.0750. The van der Waals surface area contributed by atoms with Gasteiger partial charge in [-0.05, 0) is 39.0 Å². The Morgan fingerprint density at radius 1 is 1.04 bits per heavy atom. The molecule has 1 N–H and O–H groups in total. The van der Waals surface area contributed by atoms with Crippen LogP contribution in [0.3, 0.4) is 0 Å². The largest absolute Gasteiger partial charge is 0.328 e. The Balaban J connectivity index is 1.68. The number of carbonyl (C=O) groups excluding carboxylic acids is 1. The van der Waals surface area contributed by atoms with Gasteiger partial charge in [-0.2, -0.15) is 0 Å². The minimum absolute atomic E-state index is 0.142. The molecule has 0 fully saturated rings. The molecule has 126 valence electrons. The monoisotopic (exact) mass is 335 g/mol. The molecule has 7 nitrogen and oxygen atoms in total. The molecule has 0 bridgehead atoms. The lowest BCUT2D eigenvalue weighted by atomic mass is 10.1. The van der Waals surface area contributed by atoms with Crippen molar-refractivity contribution in [3.8, 4) is 0 Å². The fourth-order valence-electron chi connectivity index (χ4n) is 3.08. The predicted octanol–water partition coefficient (Wildman–Crippen LogP) is 1.79. The Labute approximate surface area is 143 Å². The highest BCUT2D eigenvalue weighted by Crippen LogP contribution is 2.22. The average molecular weight is 335 g/mol. The summed E-state index contributed by atoms with van der Waals surface area (Å²) in [6.07, 6.45) is 0. The van der Waals surface area contributed by atoms with Crippen molar-refractivity contribution < 1.29 is 4.79 Å². The van der Waals surface area contributed by atoms with Crippen molar-refractivity contribution >= 4 is 16.9 Å². The number of aromatic nitrogens is 4. The second-order valence-electron chi connectivity index (χ2n) is 6.34. The number of amides is 1. The van der Waals surface area contributed by atoms with E-state index in [4.69, 9.17) is 0 Å². The summed E-state index contributed by atoms with van der Waals surface area (Å²) in [7, 11) is 0. The van der Waals surface area contributed by atoms with Crippen LogP contribution >= 0.6 is 0 Å². The van der Waals surface area contributed by atoms with Crippen molar-refractivity contribution in [1.82, 2.24) is 24.8 Å². The lowest BCUT2D eigenvalue weighted by Crippen LogP contribution is -2.26. The van der Waals surface area contributed by atoms with E-state index in [9.17, 15) is 9.59 Å². The van der Waals surface area contributed by atoms with Crippen LogP contribution in [0.15, 0.2) is 23.0 Å². The zero-order chi connectivity index (χ0) is 17.7. The molecule has 0 spiro atoms. The van der Waals surface area contributed by atoms with Crippen LogP contribution in [-0.2, 0) is 13.1 Å². The molecular formula is C18H17N5O2. The maximum absolute atomic E-state index is 12.8. The van der Waals surface area contributed by atoms with Gasteiger partial charge in [0.25, 0.3) is 11.5 Å². The molecule has 1 aliphatic heterocycles. The van der Waals surface area contributed by atoms with Crippen molar-refractivity contribution in [2.45, 2.75) is 33.9 Å². The van der Waals surface area contributed by atoms with E-state index in [-0.39, 0.29) is 18.0 Å². The molecule has 0 atom stereocenters. The number of rotatable bonds is 1. The van der Waals surface area contributed by atoms with Gasteiger partial charge in [0, 0.05) is 5.56 Å². The summed E-state index contributed by atoms with van der Waals surface area (Å²) in [4.78, 5) is 42.5. The topological polar surface area (TPSA) is 91.8 Å². The van der Waals surface area contributed by atoms with Crippen molar-refractivity contribution in [2.24, 2.45) is 0 Å². The van der Waals surface area contributed by atoms with Gasteiger partial charge in [0.15, 0.2) is 0 Å². The highest BCUT2D eigenvalue weighted by atomic mass is 16.2. The molecule has 4 rings (SSSR count). The number of aromatic amines is 1. The molecule has 2 aromatic heterocycles. The molecule has 0 saturated heterocycles. The average Bonchev–Trinajstić information content (AvgIpc) is 2.99. The number of carbonyl (C=O) groups is 1. The Hall–Kier alpha value is -3.09. The van der Waals surface area contributed by atoms with Crippen LogP contribution in [-0.4, -0.2) is 30.7 Å². The molecule has 0 aliphatic carbocycles. The summed E-state index contributed by atoms with van der Waals surface area (Å²) < 4.78 is 0. The molecule has 3 aromatic rings. The summed E-state index contributed by atoms with van der Waals surface area (Å²) in [6.45, 7) is 6.16. The Morgan fingerprint density at radius 2 is 1.76 bits per heavy atom. The minimum Gasteiger partial charge on any atom is -0.328 e. The van der Waals surface area contributed by atoms with E-state index in [2.05, 4.69) is 19.9 Å². The number of hydrogen-bond acceptors (Lipinski definition) is 5. The normalized spacial score (nSPS) is 13.3. The van der Waals surface area contributed by atoms with Crippen LogP contribution in [0.5, 0.6) is 0 Å². The number of fused-ring (bicyclic) bond motifs is 2. The zero-order valence-corrected chi connectivity index (χ0v) is 14.3. The molecular weight excluding hydrogens is 318 g/mol. The summed E-state index contributed by atoms with van der Waals surface area (Å²) in [5, 5.41) is 0. The van der Waals surface area contributed by atoms with Gasteiger partial charge in [-0.25, -0.2) is 15.0 Å². The molecule has 1 amide bonds. The number of hydrogen-bond donors (Lipinski definition) is 1. The first kappa shape index (κ1) is 15.4. The van der Waals surface area contributed by atoms with Gasteiger partial charge in [-0.3, -0.25) is 9.59 Å². The second-order valence-corrected chi connectivity index (χ2v) is 6.34. The fourth-order valence-corrected chi connectivity index (χ4v) is 3.08. The highest BCUT2D eigenvalue weighted by Gasteiger charge is 2.28. The van der Waals surface area contributed by atoms with Crippen molar-refractivity contribution in [2.75, 3.05) is 0 Å². The van der Waals surface area contributed by atoms with Gasteiger partial charge in [0.05, 0.1) is 46.8 Å². The SMILES string of the molecule is Cc1nc2c(c(=O)[nH]1)CN(C(=O)c1ccc3nc(C)c(C)nc3c1)C2. The van der Waals surface area contributed by atoms with Gasteiger partial charge in [0.1, 0.15) is 5.82 Å². The lowest BCUT2D eigenvalue weighted by Gasteiger charge is -2.15. The van der Waals surface area contributed by atoms with E-state index in [1.54, 1.807) is 30.0 Å². The van der Waals surface area contributed by atoms with Gasteiger partial charge in [0.2, 0.25) is 0 Å². The number of nitrogens with one attached hydrogen (secondary N) is 1. The van der Waals surface area contributed by atoms with E-state index in [1.165, 1.54) is 0 Å². The minimum atomic E-state index is -0.173. The van der Waals surface area contributed by atoms with Crippen molar-refractivity contribution in [3.63, 3.8) is 0 Å². The van der Waals surface area contributed by atoms with Crippen molar-refractivity contribution in [1.29, 1.82) is 0 Å². The standard InChI is InChI=1S/C18H17N5O2/c1-9-10(2)20-15-6-12(4-5-14(15)19-9)18(25)23-7-13-16(8-23)21-11(3)22-17(13)24/h4-6H,7-8H2,1-3H3,(H,21,22,24). The van der Waals surface area contributed by atoms with Crippen LogP contribution in [0.2, 0.25) is 0 Å². The van der Waals surface area contributed by atoms with Gasteiger partial charge in [-0.1, -0.05) is 0 Å². The first-order valence-electron chi connectivity index (χ1n) is 8.05. The predicted molar refractivity (Wildman–Crippen MR) is 92.2 cm³/mol. The molecule has 3 heterocycles. The summed E-state index contributed by atoms with van der Waals surface area (Å²) in [5.41, 5.74) is 4.77. The third kappa shape index (κ3) is 2.57. The molecule has 1 aliphatic rings. The van der Waals surface area contributed by atoms with Crippen LogP contribution in [0.4, 0.5) is 0 Å².